The molecule has 9 heteroatoms. The van der Waals surface area contributed by atoms with Crippen molar-refractivity contribution in [1.82, 2.24) is 25.0 Å². The molecule has 0 bridgehead atoms. The van der Waals surface area contributed by atoms with Gasteiger partial charge in [-0.3, -0.25) is 19.2 Å². The van der Waals surface area contributed by atoms with E-state index in [0.29, 0.717) is 19.4 Å². The van der Waals surface area contributed by atoms with Gasteiger partial charge < -0.3 is 9.05 Å². The van der Waals surface area contributed by atoms with Crippen molar-refractivity contribution in [2.45, 2.75) is 39.7 Å². The molecule has 32 heavy (non-hydrogen) atoms. The van der Waals surface area contributed by atoms with Gasteiger partial charge in [0.15, 0.2) is 0 Å². The molecular weight excluding hydrogens is 425 g/mol. The van der Waals surface area contributed by atoms with Gasteiger partial charge in [-0.1, -0.05) is 29.8 Å². The molecule has 0 radical (unpaired) electrons. The Morgan fingerprint density at radius 3 is 2.56 bits per heavy atom. The second kappa shape index (κ2) is 10.3. The van der Waals surface area contributed by atoms with Crippen molar-refractivity contribution >= 4 is 29.4 Å². The summed E-state index contributed by atoms with van der Waals surface area (Å²) in [7, 11) is -2.95. The first-order chi connectivity index (χ1) is 15.6. The third-order valence-corrected chi connectivity index (χ3v) is 7.40. The summed E-state index contributed by atoms with van der Waals surface area (Å²) < 4.78 is 25.0. The van der Waals surface area contributed by atoms with Gasteiger partial charge in [-0.15, -0.1) is 5.10 Å². The minimum absolute atomic E-state index is 0.398. The number of hydrogen-bond donors (Lipinski definition) is 0. The highest BCUT2D eigenvalue weighted by atomic mass is 31.2. The Balaban J connectivity index is 1.36. The van der Waals surface area contributed by atoms with Crippen LogP contribution in [0, 0.1) is 0 Å². The summed E-state index contributed by atoms with van der Waals surface area (Å²) in [5, 5.41) is 10.7. The lowest BCUT2D eigenvalue weighted by Gasteiger charge is -2.16. The van der Waals surface area contributed by atoms with E-state index in [0.717, 1.165) is 58.9 Å². The zero-order chi connectivity index (χ0) is 22.4. The maximum atomic E-state index is 12.5. The van der Waals surface area contributed by atoms with E-state index in [1.807, 2.05) is 43.1 Å². The number of benzene rings is 1. The number of unbranched alkanes of at least 4 members (excludes halogenated alkanes) is 2. The molecule has 0 unspecified atom stereocenters. The van der Waals surface area contributed by atoms with Crippen LogP contribution in [0.3, 0.4) is 0 Å². The number of aryl methyl sites for hydroxylation is 1. The molecule has 8 nitrogen and oxygen atoms in total. The minimum Gasteiger partial charge on any atom is -0.309 e. The monoisotopic (exact) mass is 453 g/mol. The van der Waals surface area contributed by atoms with Crippen LogP contribution in [0.4, 0.5) is 0 Å². The van der Waals surface area contributed by atoms with Crippen molar-refractivity contribution in [2.24, 2.45) is 0 Å². The lowest BCUT2D eigenvalue weighted by atomic mass is 10.1. The van der Waals surface area contributed by atoms with Gasteiger partial charge in [0.1, 0.15) is 5.69 Å². The van der Waals surface area contributed by atoms with E-state index in [2.05, 4.69) is 38.5 Å². The Bertz CT molecular complexity index is 1230. The van der Waals surface area contributed by atoms with Crippen molar-refractivity contribution in [3.05, 3.63) is 48.9 Å². The van der Waals surface area contributed by atoms with Gasteiger partial charge in [0.25, 0.3) is 0 Å². The Hall–Kier alpha value is -2.67. The molecule has 0 aliphatic carbocycles. The molecule has 168 valence electrons. The molecule has 3 aromatic heterocycles. The highest BCUT2D eigenvalue weighted by Crippen LogP contribution is 2.48. The topological polar surface area (TPSA) is 92.0 Å². The Morgan fingerprint density at radius 1 is 0.969 bits per heavy atom. The van der Waals surface area contributed by atoms with Crippen LogP contribution < -0.4 is 0 Å². The smallest absolute Gasteiger partial charge is 0.309 e. The van der Waals surface area contributed by atoms with Crippen LogP contribution in [0.5, 0.6) is 0 Å². The molecule has 3 heterocycles. The summed E-state index contributed by atoms with van der Waals surface area (Å²) >= 11 is 0. The van der Waals surface area contributed by atoms with E-state index >= 15 is 0 Å². The van der Waals surface area contributed by atoms with Gasteiger partial charge in [0.2, 0.25) is 0 Å². The van der Waals surface area contributed by atoms with Crippen LogP contribution in [0.1, 0.15) is 33.1 Å². The van der Waals surface area contributed by atoms with Gasteiger partial charge >= 0.3 is 7.60 Å². The zero-order valence-corrected chi connectivity index (χ0v) is 19.4. The van der Waals surface area contributed by atoms with Crippen LogP contribution in [-0.2, 0) is 20.2 Å². The van der Waals surface area contributed by atoms with E-state index in [-0.39, 0.29) is 0 Å². The third-order valence-electron chi connectivity index (χ3n) is 5.23. The van der Waals surface area contributed by atoms with E-state index in [9.17, 15) is 4.57 Å². The van der Waals surface area contributed by atoms with E-state index in [1.54, 1.807) is 6.20 Å². The van der Waals surface area contributed by atoms with Crippen molar-refractivity contribution in [2.75, 3.05) is 19.4 Å². The number of nitrogens with zero attached hydrogens (tertiary/aromatic N) is 5. The number of pyridine rings is 2. The molecule has 0 amide bonds. The lowest BCUT2D eigenvalue weighted by molar-refractivity contribution is 0.219. The second-order valence-electron chi connectivity index (χ2n) is 7.53. The quantitative estimate of drug-likeness (QED) is 0.169. The standard InChI is InChI=1S/C23H28N5O3P/c1-3-30-32(29,31-4-2)14-7-5-6-13-28-17-21(26-27-28)20-15-19-11-10-18-9-8-12-24-22(18)23(19)25-16-20/h8-12,15-17H,3-7,13-14H2,1-2H3. The number of aromatic nitrogens is 5. The Kier molecular flexibility index (Phi) is 7.25. The van der Waals surface area contributed by atoms with Crippen LogP contribution in [0.2, 0.25) is 0 Å². The highest BCUT2D eigenvalue weighted by Gasteiger charge is 2.22. The zero-order valence-electron chi connectivity index (χ0n) is 18.5. The molecule has 0 saturated carbocycles. The van der Waals surface area contributed by atoms with Crippen molar-refractivity contribution < 1.29 is 13.6 Å². The predicted molar refractivity (Wildman–Crippen MR) is 126 cm³/mol. The molecule has 1 aromatic carbocycles. The SMILES string of the molecule is CCOP(=O)(CCCCCn1cc(-c2cnc3c(ccc4cccnc43)c2)nn1)OCC. The number of rotatable bonds is 11. The molecule has 0 aliphatic rings. The van der Waals surface area contributed by atoms with Gasteiger partial charge in [-0.25, -0.2) is 0 Å². The Morgan fingerprint density at radius 2 is 1.75 bits per heavy atom. The van der Waals surface area contributed by atoms with Crippen molar-refractivity contribution in [1.29, 1.82) is 0 Å². The minimum atomic E-state index is -2.95. The summed E-state index contributed by atoms with van der Waals surface area (Å²) in [6.45, 7) is 5.21. The predicted octanol–water partition coefficient (Wildman–Crippen LogP) is 5.48. The van der Waals surface area contributed by atoms with Gasteiger partial charge in [-0.2, -0.15) is 0 Å². The first kappa shape index (κ1) is 22.5. The van der Waals surface area contributed by atoms with Crippen molar-refractivity contribution in [3.8, 4) is 11.3 Å². The molecule has 4 rings (SSSR count). The van der Waals surface area contributed by atoms with Crippen molar-refractivity contribution in [3.63, 3.8) is 0 Å². The first-order valence-electron chi connectivity index (χ1n) is 11.0. The fraction of sp³-hybridized carbons (Fsp3) is 0.391. The first-order valence-corrected chi connectivity index (χ1v) is 12.8. The molecule has 4 aromatic rings. The lowest BCUT2D eigenvalue weighted by Crippen LogP contribution is -2.02. The van der Waals surface area contributed by atoms with Gasteiger partial charge in [0.05, 0.1) is 36.6 Å². The maximum Gasteiger partial charge on any atom is 0.330 e. The normalized spacial score (nSPS) is 12.1. The summed E-state index contributed by atoms with van der Waals surface area (Å²) in [6.07, 6.45) is 8.61. The molecule has 0 saturated heterocycles. The summed E-state index contributed by atoms with van der Waals surface area (Å²) in [5.74, 6) is 0. The van der Waals surface area contributed by atoms with E-state index in [4.69, 9.17) is 9.05 Å². The van der Waals surface area contributed by atoms with Crippen LogP contribution in [-0.4, -0.2) is 44.3 Å². The molecule has 0 N–H and O–H groups in total. The molecule has 0 spiro atoms. The fourth-order valence-electron chi connectivity index (χ4n) is 3.73. The van der Waals surface area contributed by atoms with Crippen LogP contribution >= 0.6 is 7.60 Å². The third kappa shape index (κ3) is 5.21. The Labute approximate surface area is 187 Å². The molecular formula is C23H28N5O3P. The van der Waals surface area contributed by atoms with Gasteiger partial charge in [0, 0.05) is 35.3 Å². The maximum absolute atomic E-state index is 12.5. The summed E-state index contributed by atoms with van der Waals surface area (Å²) in [4.78, 5) is 9.12. The van der Waals surface area contributed by atoms with E-state index < -0.39 is 7.60 Å². The molecule has 0 atom stereocenters. The van der Waals surface area contributed by atoms with Crippen LogP contribution in [0.25, 0.3) is 33.1 Å². The highest BCUT2D eigenvalue weighted by molar-refractivity contribution is 7.53. The largest absolute Gasteiger partial charge is 0.330 e. The summed E-state index contributed by atoms with van der Waals surface area (Å²) in [5.41, 5.74) is 3.50. The fourth-order valence-corrected chi connectivity index (χ4v) is 5.46. The average Bonchev–Trinajstić information content (AvgIpc) is 3.28. The van der Waals surface area contributed by atoms with E-state index in [1.165, 1.54) is 0 Å². The second-order valence-corrected chi connectivity index (χ2v) is 9.72. The van der Waals surface area contributed by atoms with Crippen LogP contribution in [0.15, 0.2) is 48.9 Å². The summed E-state index contributed by atoms with van der Waals surface area (Å²) in [6, 6.07) is 10.2. The van der Waals surface area contributed by atoms with Gasteiger partial charge in [-0.05, 0) is 38.8 Å². The number of fused-ring (bicyclic) bond motifs is 3. The average molecular weight is 453 g/mol. The molecule has 0 aliphatic heterocycles. The number of hydrogen-bond acceptors (Lipinski definition) is 7. The molecule has 0 fully saturated rings.